The van der Waals surface area contributed by atoms with Crippen LogP contribution in [0.1, 0.15) is 12.5 Å². The zero-order chi connectivity index (χ0) is 11.3. The quantitative estimate of drug-likeness (QED) is 0.417. The van der Waals surface area contributed by atoms with E-state index in [9.17, 15) is 9.18 Å². The summed E-state index contributed by atoms with van der Waals surface area (Å²) in [6.07, 6.45) is 0.942. The Morgan fingerprint density at radius 2 is 2.47 bits per heavy atom. The highest BCUT2D eigenvalue weighted by Crippen LogP contribution is 2.09. The van der Waals surface area contributed by atoms with Crippen LogP contribution in [0, 0.1) is 17.7 Å². The molecule has 0 aliphatic heterocycles. The fraction of sp³-hybridized carbons (Fsp3) is 0.200. The van der Waals surface area contributed by atoms with E-state index in [4.69, 9.17) is 11.6 Å². The van der Waals surface area contributed by atoms with Crippen molar-refractivity contribution >= 4 is 17.6 Å². The molecule has 1 rings (SSSR count). The number of carbonyl (C=O) groups excluding carboxylic acids is 1. The van der Waals surface area contributed by atoms with Crippen LogP contribution in [0.15, 0.2) is 12.3 Å². The van der Waals surface area contributed by atoms with E-state index < -0.39 is 11.8 Å². The molecule has 5 heteroatoms. The molecule has 0 N–H and O–H groups in total. The Kier molecular flexibility index (Phi) is 4.07. The van der Waals surface area contributed by atoms with Crippen LogP contribution in [0.4, 0.5) is 4.39 Å². The van der Waals surface area contributed by atoms with Crippen molar-refractivity contribution in [2.75, 3.05) is 6.61 Å². The number of esters is 1. The van der Waals surface area contributed by atoms with E-state index in [-0.39, 0.29) is 17.3 Å². The molecular formula is C10H7ClFNO2. The maximum atomic E-state index is 13.0. The van der Waals surface area contributed by atoms with Crippen molar-refractivity contribution in [3.05, 3.63) is 28.8 Å². The summed E-state index contributed by atoms with van der Waals surface area (Å²) in [5, 5.41) is 0.115. The molecule has 1 heterocycles. The van der Waals surface area contributed by atoms with Crippen LogP contribution in [0.3, 0.4) is 0 Å². The molecule has 0 amide bonds. The molecular weight excluding hydrogens is 221 g/mol. The van der Waals surface area contributed by atoms with Crippen molar-refractivity contribution in [3.63, 3.8) is 0 Å². The second kappa shape index (κ2) is 5.32. The van der Waals surface area contributed by atoms with Gasteiger partial charge in [0.25, 0.3) is 0 Å². The molecule has 0 aromatic carbocycles. The van der Waals surface area contributed by atoms with Gasteiger partial charge in [0.2, 0.25) is 0 Å². The van der Waals surface area contributed by atoms with Crippen LogP contribution in [-0.2, 0) is 9.53 Å². The Morgan fingerprint density at radius 1 is 1.73 bits per heavy atom. The van der Waals surface area contributed by atoms with E-state index in [0.29, 0.717) is 0 Å². The Morgan fingerprint density at radius 3 is 3.13 bits per heavy atom. The second-order valence-corrected chi connectivity index (χ2v) is 2.84. The summed E-state index contributed by atoms with van der Waals surface area (Å²) in [4.78, 5) is 14.4. The average molecular weight is 228 g/mol. The van der Waals surface area contributed by atoms with Gasteiger partial charge in [-0.15, -0.1) is 0 Å². The first-order valence-electron chi connectivity index (χ1n) is 4.13. The molecule has 0 aliphatic rings. The molecule has 1 aromatic rings. The Hall–Kier alpha value is -1.60. The van der Waals surface area contributed by atoms with Gasteiger partial charge in [0.1, 0.15) is 5.15 Å². The van der Waals surface area contributed by atoms with E-state index in [1.54, 1.807) is 6.92 Å². The van der Waals surface area contributed by atoms with Gasteiger partial charge in [-0.05, 0) is 13.0 Å². The van der Waals surface area contributed by atoms with E-state index in [0.717, 1.165) is 6.20 Å². The third-order valence-electron chi connectivity index (χ3n) is 1.40. The molecule has 0 radical (unpaired) electrons. The Labute approximate surface area is 91.2 Å². The van der Waals surface area contributed by atoms with Gasteiger partial charge in [-0.25, -0.2) is 14.2 Å². The van der Waals surface area contributed by atoms with Gasteiger partial charge in [-0.1, -0.05) is 17.5 Å². The first kappa shape index (κ1) is 11.5. The van der Waals surface area contributed by atoms with Crippen molar-refractivity contribution in [3.8, 4) is 11.8 Å². The minimum Gasteiger partial charge on any atom is -0.456 e. The number of carbonyl (C=O) groups is 1. The van der Waals surface area contributed by atoms with Crippen molar-refractivity contribution in [2.45, 2.75) is 6.92 Å². The standard InChI is InChI=1S/C10H7ClFNO2/c1-2-15-10(14)4-3-7-5-9(11)13-6-8(7)12/h5-6H,2H2,1H3. The van der Waals surface area contributed by atoms with Crippen LogP contribution in [-0.4, -0.2) is 17.6 Å². The predicted molar refractivity (Wildman–Crippen MR) is 52.7 cm³/mol. The molecule has 0 fully saturated rings. The fourth-order valence-corrected chi connectivity index (χ4v) is 0.952. The van der Waals surface area contributed by atoms with Gasteiger partial charge in [-0.2, -0.15) is 0 Å². The van der Waals surface area contributed by atoms with Crippen molar-refractivity contribution in [1.29, 1.82) is 0 Å². The minimum absolute atomic E-state index is 0.0167. The summed E-state index contributed by atoms with van der Waals surface area (Å²) in [5.41, 5.74) is 0.0167. The van der Waals surface area contributed by atoms with E-state index in [2.05, 4.69) is 21.6 Å². The molecule has 0 aliphatic carbocycles. The zero-order valence-electron chi connectivity index (χ0n) is 7.88. The summed E-state index contributed by atoms with van der Waals surface area (Å²) < 4.78 is 17.6. The maximum absolute atomic E-state index is 13.0. The predicted octanol–water partition coefficient (Wildman–Crippen LogP) is 1.79. The zero-order valence-corrected chi connectivity index (χ0v) is 8.64. The molecule has 0 saturated carbocycles. The summed E-state index contributed by atoms with van der Waals surface area (Å²) in [6.45, 7) is 1.89. The topological polar surface area (TPSA) is 39.2 Å². The van der Waals surface area contributed by atoms with E-state index >= 15 is 0 Å². The smallest absolute Gasteiger partial charge is 0.384 e. The Balaban J connectivity index is 2.88. The molecule has 0 unspecified atom stereocenters. The lowest BCUT2D eigenvalue weighted by atomic mass is 10.2. The molecule has 0 spiro atoms. The molecule has 78 valence electrons. The minimum atomic E-state index is -0.704. The summed E-state index contributed by atoms with van der Waals surface area (Å²) in [5.74, 6) is 3.11. The molecule has 0 bridgehead atoms. The number of rotatable bonds is 1. The number of hydrogen-bond donors (Lipinski definition) is 0. The van der Waals surface area contributed by atoms with Crippen molar-refractivity contribution in [1.82, 2.24) is 4.98 Å². The molecule has 1 aromatic heterocycles. The largest absolute Gasteiger partial charge is 0.456 e. The maximum Gasteiger partial charge on any atom is 0.384 e. The van der Waals surface area contributed by atoms with Crippen molar-refractivity contribution in [2.24, 2.45) is 0 Å². The first-order valence-corrected chi connectivity index (χ1v) is 4.51. The van der Waals surface area contributed by atoms with Gasteiger partial charge in [0.05, 0.1) is 18.4 Å². The van der Waals surface area contributed by atoms with Gasteiger partial charge >= 0.3 is 5.97 Å². The van der Waals surface area contributed by atoms with Crippen molar-refractivity contribution < 1.29 is 13.9 Å². The van der Waals surface area contributed by atoms with Gasteiger partial charge in [0, 0.05) is 5.92 Å². The van der Waals surface area contributed by atoms with Gasteiger partial charge < -0.3 is 4.74 Å². The number of nitrogens with zero attached hydrogens (tertiary/aromatic N) is 1. The van der Waals surface area contributed by atoms with Crippen LogP contribution in [0.25, 0.3) is 0 Å². The van der Waals surface area contributed by atoms with Crippen LogP contribution in [0.2, 0.25) is 5.15 Å². The second-order valence-electron chi connectivity index (χ2n) is 2.46. The lowest BCUT2D eigenvalue weighted by Crippen LogP contribution is -1.99. The summed E-state index contributed by atoms with van der Waals surface area (Å²) in [7, 11) is 0. The number of hydrogen-bond acceptors (Lipinski definition) is 3. The van der Waals surface area contributed by atoms with Crippen LogP contribution >= 0.6 is 11.6 Å². The van der Waals surface area contributed by atoms with Gasteiger partial charge in [0.15, 0.2) is 5.82 Å². The first-order chi connectivity index (χ1) is 7.13. The number of halogens is 2. The third kappa shape index (κ3) is 3.56. The number of aromatic nitrogens is 1. The SMILES string of the molecule is CCOC(=O)C#Cc1cc(Cl)ncc1F. The molecule has 3 nitrogen and oxygen atoms in total. The average Bonchev–Trinajstić information content (AvgIpc) is 2.20. The van der Waals surface area contributed by atoms with E-state index in [1.165, 1.54) is 6.07 Å². The normalized spacial score (nSPS) is 9.00. The molecule has 0 atom stereocenters. The Bertz CT molecular complexity index is 437. The monoisotopic (exact) mass is 227 g/mol. The lowest BCUT2D eigenvalue weighted by Gasteiger charge is -1.94. The highest BCUT2D eigenvalue weighted by atomic mass is 35.5. The molecule has 0 saturated heterocycles. The summed E-state index contributed by atoms with van der Waals surface area (Å²) >= 11 is 5.53. The molecule has 15 heavy (non-hydrogen) atoms. The third-order valence-corrected chi connectivity index (χ3v) is 1.60. The van der Waals surface area contributed by atoms with Crippen LogP contribution < -0.4 is 0 Å². The van der Waals surface area contributed by atoms with E-state index in [1.807, 2.05) is 0 Å². The summed E-state index contributed by atoms with van der Waals surface area (Å²) in [6, 6.07) is 1.24. The number of pyridine rings is 1. The lowest BCUT2D eigenvalue weighted by molar-refractivity contribution is -0.136. The highest BCUT2D eigenvalue weighted by molar-refractivity contribution is 6.29. The number of ether oxygens (including phenoxy) is 1. The van der Waals surface area contributed by atoms with Crippen LogP contribution in [0.5, 0.6) is 0 Å². The van der Waals surface area contributed by atoms with Gasteiger partial charge in [-0.3, -0.25) is 0 Å². The fourth-order valence-electron chi connectivity index (χ4n) is 0.795. The highest BCUT2D eigenvalue weighted by Gasteiger charge is 2.01.